The van der Waals surface area contributed by atoms with Crippen molar-refractivity contribution in [1.29, 1.82) is 0 Å². The summed E-state index contributed by atoms with van der Waals surface area (Å²) in [5.74, 6) is 0.796. The van der Waals surface area contributed by atoms with Crippen LogP contribution in [-0.2, 0) is 0 Å². The Morgan fingerprint density at radius 1 is 1.28 bits per heavy atom. The summed E-state index contributed by atoms with van der Waals surface area (Å²) in [4.78, 5) is 2.15. The van der Waals surface area contributed by atoms with Gasteiger partial charge in [-0.25, -0.2) is 0 Å². The van der Waals surface area contributed by atoms with Crippen LogP contribution in [-0.4, -0.2) is 56.4 Å². The first-order valence-corrected chi connectivity index (χ1v) is 6.40. The van der Waals surface area contributed by atoms with Gasteiger partial charge in [0.1, 0.15) is 18.5 Å². The van der Waals surface area contributed by atoms with Crippen molar-refractivity contribution in [2.24, 2.45) is 0 Å². The summed E-state index contributed by atoms with van der Waals surface area (Å²) in [6, 6.07) is 9.55. The average Bonchev–Trinajstić information content (AvgIpc) is 2.37. The Morgan fingerprint density at radius 2 is 2.00 bits per heavy atom. The summed E-state index contributed by atoms with van der Waals surface area (Å²) in [6.07, 6.45) is 0.615. The van der Waals surface area contributed by atoms with Crippen LogP contribution in [0, 0.1) is 0 Å². The van der Waals surface area contributed by atoms with Gasteiger partial charge in [0, 0.05) is 6.54 Å². The summed E-state index contributed by atoms with van der Waals surface area (Å²) >= 11 is 0. The zero-order valence-corrected chi connectivity index (χ0v) is 11.3. The number of aliphatic hydroxyl groups excluding tert-OH is 1. The molecule has 1 rings (SSSR count). The van der Waals surface area contributed by atoms with Gasteiger partial charge in [-0.15, -0.1) is 0 Å². The molecule has 1 aromatic rings. The fourth-order valence-corrected chi connectivity index (χ4v) is 1.56. The van der Waals surface area contributed by atoms with Crippen molar-refractivity contribution in [3.05, 3.63) is 30.3 Å². The molecule has 0 radical (unpaired) electrons. The minimum Gasteiger partial charge on any atom is -0.491 e. The minimum absolute atomic E-state index is 0.324. The van der Waals surface area contributed by atoms with E-state index < -0.39 is 6.10 Å². The van der Waals surface area contributed by atoms with Crippen LogP contribution in [0.4, 0.5) is 0 Å². The number of nitrogens with one attached hydrogen (secondary N) is 1. The van der Waals surface area contributed by atoms with E-state index in [4.69, 9.17) is 4.74 Å². The predicted octanol–water partition coefficient (Wildman–Crippen LogP) is 0.968. The first kappa shape index (κ1) is 15.0. The second kappa shape index (κ2) is 8.91. The maximum absolute atomic E-state index is 9.72. The van der Waals surface area contributed by atoms with E-state index in [0.717, 1.165) is 25.3 Å². The van der Waals surface area contributed by atoms with E-state index in [2.05, 4.69) is 24.3 Å². The van der Waals surface area contributed by atoms with Gasteiger partial charge in [-0.1, -0.05) is 18.2 Å². The van der Waals surface area contributed by atoms with Gasteiger partial charge in [-0.2, -0.15) is 0 Å². The minimum atomic E-state index is -0.468. The molecule has 0 spiro atoms. The van der Waals surface area contributed by atoms with Gasteiger partial charge >= 0.3 is 0 Å². The van der Waals surface area contributed by atoms with Crippen LogP contribution in [0.2, 0.25) is 0 Å². The van der Waals surface area contributed by atoms with Gasteiger partial charge in [-0.05, 0) is 45.7 Å². The summed E-state index contributed by atoms with van der Waals surface area (Å²) in [6.45, 7) is 2.87. The Bertz CT molecular complexity index is 304. The molecule has 1 aromatic carbocycles. The fraction of sp³-hybridized carbons (Fsp3) is 0.571. The van der Waals surface area contributed by atoms with E-state index in [0.29, 0.717) is 13.2 Å². The molecule has 0 unspecified atom stereocenters. The number of para-hydroxylation sites is 1. The average molecular weight is 252 g/mol. The highest BCUT2D eigenvalue weighted by atomic mass is 16.5. The van der Waals surface area contributed by atoms with Crippen LogP contribution >= 0.6 is 0 Å². The van der Waals surface area contributed by atoms with Gasteiger partial charge in [-0.3, -0.25) is 0 Å². The summed E-state index contributed by atoms with van der Waals surface area (Å²) in [5.41, 5.74) is 0. The molecule has 0 aliphatic rings. The molecule has 0 amide bonds. The maximum Gasteiger partial charge on any atom is 0.119 e. The Kier molecular flexibility index (Phi) is 7.41. The van der Waals surface area contributed by atoms with Crippen LogP contribution in [0.25, 0.3) is 0 Å². The lowest BCUT2D eigenvalue weighted by Gasteiger charge is -2.14. The van der Waals surface area contributed by atoms with Crippen molar-refractivity contribution in [3.63, 3.8) is 0 Å². The molecule has 0 bridgehead atoms. The molecule has 1 atom stereocenters. The zero-order chi connectivity index (χ0) is 13.2. The van der Waals surface area contributed by atoms with Gasteiger partial charge in [0.15, 0.2) is 0 Å². The number of nitrogens with zero attached hydrogens (tertiary/aromatic N) is 1. The van der Waals surface area contributed by atoms with Crippen LogP contribution in [0.15, 0.2) is 30.3 Å². The van der Waals surface area contributed by atoms with Gasteiger partial charge in [0.25, 0.3) is 0 Å². The van der Waals surface area contributed by atoms with Crippen molar-refractivity contribution < 1.29 is 9.84 Å². The number of hydrogen-bond acceptors (Lipinski definition) is 4. The molecule has 4 nitrogen and oxygen atoms in total. The van der Waals surface area contributed by atoms with E-state index in [-0.39, 0.29) is 0 Å². The zero-order valence-electron chi connectivity index (χ0n) is 11.3. The molecule has 102 valence electrons. The molecule has 4 heteroatoms. The third kappa shape index (κ3) is 7.27. The Labute approximate surface area is 110 Å². The lowest BCUT2D eigenvalue weighted by atomic mass is 10.3. The van der Waals surface area contributed by atoms with E-state index in [1.54, 1.807) is 0 Å². The molecule has 0 saturated heterocycles. The standard InChI is InChI=1S/C14H24N2O2/c1-16(2)10-6-9-15-11-13(17)12-18-14-7-4-3-5-8-14/h3-5,7-8,13,15,17H,6,9-12H2,1-2H3/t13-/m0/s1. The van der Waals surface area contributed by atoms with Crippen LogP contribution in [0.5, 0.6) is 5.75 Å². The maximum atomic E-state index is 9.72. The fourth-order valence-electron chi connectivity index (χ4n) is 1.56. The second-order valence-electron chi connectivity index (χ2n) is 4.64. The van der Waals surface area contributed by atoms with E-state index in [1.165, 1.54) is 0 Å². The van der Waals surface area contributed by atoms with Crippen molar-refractivity contribution in [1.82, 2.24) is 10.2 Å². The molecular formula is C14H24N2O2. The number of hydrogen-bond donors (Lipinski definition) is 2. The van der Waals surface area contributed by atoms with Gasteiger partial charge in [0.05, 0.1) is 0 Å². The summed E-state index contributed by atoms with van der Waals surface area (Å²) in [5, 5.41) is 12.9. The van der Waals surface area contributed by atoms with Crippen molar-refractivity contribution in [3.8, 4) is 5.75 Å². The molecule has 2 N–H and O–H groups in total. The van der Waals surface area contributed by atoms with Crippen molar-refractivity contribution in [2.45, 2.75) is 12.5 Å². The number of ether oxygens (including phenoxy) is 1. The predicted molar refractivity (Wildman–Crippen MR) is 74.0 cm³/mol. The van der Waals surface area contributed by atoms with Crippen molar-refractivity contribution in [2.75, 3.05) is 40.3 Å². The highest BCUT2D eigenvalue weighted by Gasteiger charge is 2.04. The van der Waals surface area contributed by atoms with E-state index >= 15 is 0 Å². The van der Waals surface area contributed by atoms with Crippen LogP contribution in [0.1, 0.15) is 6.42 Å². The lowest BCUT2D eigenvalue weighted by Crippen LogP contribution is -2.32. The molecular weight excluding hydrogens is 228 g/mol. The number of aliphatic hydroxyl groups is 1. The number of benzene rings is 1. The molecule has 0 aromatic heterocycles. The second-order valence-corrected chi connectivity index (χ2v) is 4.64. The van der Waals surface area contributed by atoms with E-state index in [1.807, 2.05) is 30.3 Å². The topological polar surface area (TPSA) is 44.7 Å². The first-order valence-electron chi connectivity index (χ1n) is 6.40. The SMILES string of the molecule is CN(C)CCCNC[C@H](O)COc1ccccc1. The summed E-state index contributed by atoms with van der Waals surface area (Å²) in [7, 11) is 4.12. The Hall–Kier alpha value is -1.10. The van der Waals surface area contributed by atoms with Gasteiger partial charge in [0.2, 0.25) is 0 Å². The lowest BCUT2D eigenvalue weighted by molar-refractivity contribution is 0.106. The molecule has 0 aliphatic carbocycles. The molecule has 0 aliphatic heterocycles. The highest BCUT2D eigenvalue weighted by molar-refractivity contribution is 5.20. The van der Waals surface area contributed by atoms with Crippen LogP contribution in [0.3, 0.4) is 0 Å². The largest absolute Gasteiger partial charge is 0.491 e. The van der Waals surface area contributed by atoms with Gasteiger partial charge < -0.3 is 20.1 Å². The Balaban J connectivity index is 2.02. The quantitative estimate of drug-likeness (QED) is 0.643. The normalized spacial score (nSPS) is 12.7. The number of rotatable bonds is 9. The first-order chi connectivity index (χ1) is 8.68. The van der Waals surface area contributed by atoms with Crippen molar-refractivity contribution >= 4 is 0 Å². The highest BCUT2D eigenvalue weighted by Crippen LogP contribution is 2.08. The molecule has 0 heterocycles. The summed E-state index contributed by atoms with van der Waals surface area (Å²) < 4.78 is 5.46. The third-order valence-corrected chi connectivity index (χ3v) is 2.52. The third-order valence-electron chi connectivity index (χ3n) is 2.52. The molecule has 0 saturated carbocycles. The monoisotopic (exact) mass is 252 g/mol. The molecule has 0 fully saturated rings. The smallest absolute Gasteiger partial charge is 0.119 e. The van der Waals surface area contributed by atoms with Crippen LogP contribution < -0.4 is 10.1 Å². The van der Waals surface area contributed by atoms with E-state index in [9.17, 15) is 5.11 Å². The Morgan fingerprint density at radius 3 is 2.67 bits per heavy atom. The molecule has 18 heavy (non-hydrogen) atoms.